The van der Waals surface area contributed by atoms with Crippen LogP contribution in [0.2, 0.25) is 0 Å². The van der Waals surface area contributed by atoms with Crippen LogP contribution in [0.5, 0.6) is 0 Å². The third kappa shape index (κ3) is 3.60. The lowest BCUT2D eigenvalue weighted by atomic mass is 10.2. The van der Waals surface area contributed by atoms with Gasteiger partial charge in [0, 0.05) is 36.1 Å². The Morgan fingerprint density at radius 1 is 1.04 bits per heavy atom. The number of aromatic nitrogens is 1. The van der Waals surface area contributed by atoms with Crippen LogP contribution in [0.1, 0.15) is 11.3 Å². The lowest BCUT2D eigenvalue weighted by molar-refractivity contribution is 1.06. The molecule has 24 heavy (non-hydrogen) atoms. The largest absolute Gasteiger partial charge is 0.378 e. The van der Waals surface area contributed by atoms with E-state index in [1.165, 1.54) is 11.3 Å². The first-order chi connectivity index (χ1) is 11.5. The van der Waals surface area contributed by atoms with Gasteiger partial charge in [0.2, 0.25) is 0 Å². The van der Waals surface area contributed by atoms with E-state index in [2.05, 4.69) is 79.9 Å². The van der Waals surface area contributed by atoms with Crippen molar-refractivity contribution in [1.82, 2.24) is 4.57 Å². The minimum Gasteiger partial charge on any atom is -0.378 e. The summed E-state index contributed by atoms with van der Waals surface area (Å²) in [5.41, 5.74) is 5.49. The fourth-order valence-corrected chi connectivity index (χ4v) is 2.74. The number of nitrogens with zero attached hydrogens (tertiary/aromatic N) is 3. The van der Waals surface area contributed by atoms with Crippen LogP contribution >= 0.6 is 15.9 Å². The molecule has 1 heterocycles. The summed E-state index contributed by atoms with van der Waals surface area (Å²) in [6.07, 6.45) is 3.96. The first-order valence-electron chi connectivity index (χ1n) is 7.80. The Morgan fingerprint density at radius 2 is 1.79 bits per heavy atom. The lowest BCUT2D eigenvalue weighted by Gasteiger charge is -2.13. The van der Waals surface area contributed by atoms with Gasteiger partial charge in [-0.2, -0.15) is 0 Å². The van der Waals surface area contributed by atoms with Gasteiger partial charge in [-0.3, -0.25) is 4.99 Å². The molecule has 0 aliphatic heterocycles. The summed E-state index contributed by atoms with van der Waals surface area (Å²) < 4.78 is 3.24. The molecule has 2 aromatic carbocycles. The molecule has 0 radical (unpaired) electrons. The quantitative estimate of drug-likeness (QED) is 0.556. The van der Waals surface area contributed by atoms with Gasteiger partial charge >= 0.3 is 0 Å². The van der Waals surface area contributed by atoms with Crippen molar-refractivity contribution in [3.63, 3.8) is 0 Å². The standard InChI is InChI=1S/C20H20BrN3/c1-15-13-16(6-11-20(15)21)22-14-19-5-4-12-24(19)18-9-7-17(8-10-18)23(2)3/h4-14H,1-3H3. The summed E-state index contributed by atoms with van der Waals surface area (Å²) in [5.74, 6) is 0. The summed E-state index contributed by atoms with van der Waals surface area (Å²) in [4.78, 5) is 6.70. The van der Waals surface area contributed by atoms with Crippen molar-refractivity contribution < 1.29 is 0 Å². The maximum atomic E-state index is 4.61. The summed E-state index contributed by atoms with van der Waals surface area (Å²) in [6, 6.07) is 18.7. The SMILES string of the molecule is Cc1cc(N=Cc2cccn2-c2ccc(N(C)C)cc2)ccc1Br. The summed E-state index contributed by atoms with van der Waals surface area (Å²) in [6.45, 7) is 2.07. The summed E-state index contributed by atoms with van der Waals surface area (Å²) >= 11 is 3.52. The monoisotopic (exact) mass is 381 g/mol. The number of hydrogen-bond donors (Lipinski definition) is 0. The highest BCUT2D eigenvalue weighted by Gasteiger charge is 2.03. The average Bonchev–Trinajstić information content (AvgIpc) is 3.04. The van der Waals surface area contributed by atoms with E-state index in [-0.39, 0.29) is 0 Å². The van der Waals surface area contributed by atoms with Crippen molar-refractivity contribution in [3.05, 3.63) is 76.5 Å². The number of aliphatic imine (C=N–C) groups is 1. The molecule has 0 saturated heterocycles. The molecule has 0 spiro atoms. The minimum atomic E-state index is 0.950. The second kappa shape index (κ2) is 7.05. The molecule has 122 valence electrons. The molecule has 1 aromatic heterocycles. The molecule has 3 nitrogen and oxygen atoms in total. The van der Waals surface area contributed by atoms with Gasteiger partial charge in [-0.1, -0.05) is 15.9 Å². The van der Waals surface area contributed by atoms with E-state index in [0.717, 1.165) is 21.5 Å². The topological polar surface area (TPSA) is 20.5 Å². The fourth-order valence-electron chi connectivity index (χ4n) is 2.50. The van der Waals surface area contributed by atoms with Crippen molar-refractivity contribution >= 4 is 33.5 Å². The van der Waals surface area contributed by atoms with Crippen LogP contribution in [0, 0.1) is 6.92 Å². The third-order valence-corrected chi connectivity index (χ3v) is 4.80. The highest BCUT2D eigenvalue weighted by atomic mass is 79.9. The Kier molecular flexibility index (Phi) is 4.86. The van der Waals surface area contributed by atoms with Crippen LogP contribution in [0.25, 0.3) is 5.69 Å². The van der Waals surface area contributed by atoms with Crippen LogP contribution in [-0.2, 0) is 0 Å². The second-order valence-corrected chi connectivity index (χ2v) is 6.76. The molecule has 0 bridgehead atoms. The first kappa shape index (κ1) is 16.5. The third-order valence-electron chi connectivity index (χ3n) is 3.91. The van der Waals surface area contributed by atoms with Crippen LogP contribution in [0.4, 0.5) is 11.4 Å². The molecule has 0 N–H and O–H groups in total. The van der Waals surface area contributed by atoms with Gasteiger partial charge in [0.05, 0.1) is 17.6 Å². The molecule has 0 aliphatic carbocycles. The van der Waals surface area contributed by atoms with Crippen LogP contribution in [0.3, 0.4) is 0 Å². The number of anilines is 1. The minimum absolute atomic E-state index is 0.950. The first-order valence-corrected chi connectivity index (χ1v) is 8.59. The second-order valence-electron chi connectivity index (χ2n) is 5.91. The molecule has 0 atom stereocenters. The van der Waals surface area contributed by atoms with Crippen molar-refractivity contribution in [1.29, 1.82) is 0 Å². The molecule has 3 aromatic rings. The van der Waals surface area contributed by atoms with Gasteiger partial charge in [-0.05, 0) is 67.1 Å². The van der Waals surface area contributed by atoms with Crippen molar-refractivity contribution in [3.8, 4) is 5.69 Å². The number of benzene rings is 2. The zero-order chi connectivity index (χ0) is 17.1. The van der Waals surface area contributed by atoms with E-state index < -0.39 is 0 Å². The molecule has 0 fully saturated rings. The van der Waals surface area contributed by atoms with Gasteiger partial charge in [0.15, 0.2) is 0 Å². The van der Waals surface area contributed by atoms with Crippen molar-refractivity contribution in [2.45, 2.75) is 6.92 Å². The molecule has 4 heteroatoms. The molecular formula is C20H20BrN3. The van der Waals surface area contributed by atoms with Crippen LogP contribution in [-0.4, -0.2) is 24.9 Å². The Bertz CT molecular complexity index is 861. The molecular weight excluding hydrogens is 362 g/mol. The van der Waals surface area contributed by atoms with E-state index in [4.69, 9.17) is 0 Å². The van der Waals surface area contributed by atoms with E-state index in [1.54, 1.807) is 0 Å². The van der Waals surface area contributed by atoms with Gasteiger partial charge in [-0.15, -0.1) is 0 Å². The molecule has 0 unspecified atom stereocenters. The predicted octanol–water partition coefficient (Wildman–Crippen LogP) is 5.36. The number of halogens is 1. The van der Waals surface area contributed by atoms with Gasteiger partial charge in [0.25, 0.3) is 0 Å². The number of hydrogen-bond acceptors (Lipinski definition) is 2. The highest BCUT2D eigenvalue weighted by molar-refractivity contribution is 9.10. The Hall–Kier alpha value is -2.33. The molecule has 0 saturated carbocycles. The Balaban J connectivity index is 1.87. The Morgan fingerprint density at radius 3 is 2.46 bits per heavy atom. The average molecular weight is 382 g/mol. The van der Waals surface area contributed by atoms with Gasteiger partial charge < -0.3 is 9.47 Å². The maximum Gasteiger partial charge on any atom is 0.0639 e. The van der Waals surface area contributed by atoms with Gasteiger partial charge in [0.1, 0.15) is 0 Å². The van der Waals surface area contributed by atoms with E-state index in [9.17, 15) is 0 Å². The molecule has 0 aliphatic rings. The van der Waals surface area contributed by atoms with E-state index in [1.807, 2.05) is 38.5 Å². The summed E-state index contributed by atoms with van der Waals surface area (Å²) in [5, 5.41) is 0. The molecule has 0 amide bonds. The smallest absolute Gasteiger partial charge is 0.0639 e. The fraction of sp³-hybridized carbons (Fsp3) is 0.150. The van der Waals surface area contributed by atoms with Crippen molar-refractivity contribution in [2.75, 3.05) is 19.0 Å². The van der Waals surface area contributed by atoms with Crippen molar-refractivity contribution in [2.24, 2.45) is 4.99 Å². The zero-order valence-corrected chi connectivity index (χ0v) is 15.7. The van der Waals surface area contributed by atoms with E-state index >= 15 is 0 Å². The molecule has 3 rings (SSSR count). The lowest BCUT2D eigenvalue weighted by Crippen LogP contribution is -2.08. The maximum absolute atomic E-state index is 4.61. The van der Waals surface area contributed by atoms with Crippen LogP contribution in [0.15, 0.2) is 70.3 Å². The Labute approximate surface area is 151 Å². The van der Waals surface area contributed by atoms with Gasteiger partial charge in [-0.25, -0.2) is 0 Å². The van der Waals surface area contributed by atoms with Crippen LogP contribution < -0.4 is 4.90 Å². The number of aryl methyl sites for hydroxylation is 1. The highest BCUT2D eigenvalue weighted by Crippen LogP contribution is 2.22. The predicted molar refractivity (Wildman–Crippen MR) is 106 cm³/mol. The zero-order valence-electron chi connectivity index (χ0n) is 14.1. The number of rotatable bonds is 4. The van der Waals surface area contributed by atoms with E-state index in [0.29, 0.717) is 0 Å². The normalized spacial score (nSPS) is 11.2. The summed E-state index contributed by atoms with van der Waals surface area (Å²) in [7, 11) is 4.09.